The fourth-order valence-corrected chi connectivity index (χ4v) is 2.43. The summed E-state index contributed by atoms with van der Waals surface area (Å²) in [5, 5.41) is 8.86. The lowest BCUT2D eigenvalue weighted by molar-refractivity contribution is -0.138. The molecule has 0 amide bonds. The minimum absolute atomic E-state index is 0.0775. The molecule has 1 aromatic carbocycles. The summed E-state index contributed by atoms with van der Waals surface area (Å²) in [5.74, 6) is -0.945. The highest BCUT2D eigenvalue weighted by Gasteiger charge is 2.44. The van der Waals surface area contributed by atoms with E-state index in [1.54, 1.807) is 12.1 Å². The monoisotopic (exact) mass is 251 g/mol. The normalized spacial score (nSPS) is 16.8. The first-order valence-corrected chi connectivity index (χ1v) is 6.15. The van der Waals surface area contributed by atoms with Gasteiger partial charge in [0.05, 0.1) is 6.42 Å². The molecule has 0 heterocycles. The van der Waals surface area contributed by atoms with Crippen LogP contribution in [0.3, 0.4) is 0 Å². The number of benzene rings is 1. The lowest BCUT2D eigenvalue weighted by Gasteiger charge is -2.22. The van der Waals surface area contributed by atoms with Crippen LogP contribution in [0.1, 0.15) is 24.8 Å². The molecule has 0 saturated heterocycles. The summed E-state index contributed by atoms with van der Waals surface area (Å²) in [6.07, 6.45) is 2.14. The Morgan fingerprint density at radius 3 is 2.67 bits per heavy atom. The highest BCUT2D eigenvalue weighted by molar-refractivity contribution is 5.68. The standard InChI is InChI=1S/C14H18FNO2/c1-16(9-11-4-2-3-5-12(11)15)10-14(6-7-14)8-13(17)18/h2-5H,6-10H2,1H3,(H,17,18). The zero-order valence-electron chi connectivity index (χ0n) is 10.5. The van der Waals surface area contributed by atoms with Gasteiger partial charge in [0.15, 0.2) is 0 Å². The Bertz CT molecular complexity index is 443. The number of carbonyl (C=O) groups is 1. The maximum Gasteiger partial charge on any atom is 0.303 e. The lowest BCUT2D eigenvalue weighted by atomic mass is 10.0. The molecule has 0 atom stereocenters. The molecule has 0 bridgehead atoms. The van der Waals surface area contributed by atoms with Crippen molar-refractivity contribution >= 4 is 5.97 Å². The summed E-state index contributed by atoms with van der Waals surface area (Å²) < 4.78 is 13.5. The van der Waals surface area contributed by atoms with Crippen LogP contribution in [0.15, 0.2) is 24.3 Å². The predicted molar refractivity (Wildman–Crippen MR) is 66.7 cm³/mol. The van der Waals surface area contributed by atoms with Gasteiger partial charge in [0.2, 0.25) is 0 Å². The van der Waals surface area contributed by atoms with Crippen LogP contribution >= 0.6 is 0 Å². The Morgan fingerprint density at radius 2 is 2.11 bits per heavy atom. The molecule has 3 nitrogen and oxygen atoms in total. The number of hydrogen-bond donors (Lipinski definition) is 1. The van der Waals surface area contributed by atoms with E-state index in [1.165, 1.54) is 6.07 Å². The van der Waals surface area contributed by atoms with Gasteiger partial charge >= 0.3 is 5.97 Å². The third-order valence-electron chi connectivity index (χ3n) is 3.49. The van der Waals surface area contributed by atoms with E-state index in [1.807, 2.05) is 18.0 Å². The molecule has 0 aromatic heterocycles. The first-order chi connectivity index (χ1) is 8.51. The smallest absolute Gasteiger partial charge is 0.303 e. The van der Waals surface area contributed by atoms with Crippen molar-refractivity contribution in [2.75, 3.05) is 13.6 Å². The number of carboxylic acid groups (broad SMARTS) is 1. The molecule has 1 saturated carbocycles. The van der Waals surface area contributed by atoms with Crippen molar-refractivity contribution in [1.82, 2.24) is 4.90 Å². The molecule has 18 heavy (non-hydrogen) atoms. The van der Waals surface area contributed by atoms with E-state index in [-0.39, 0.29) is 17.7 Å². The third kappa shape index (κ3) is 3.29. The van der Waals surface area contributed by atoms with Gasteiger partial charge in [-0.25, -0.2) is 4.39 Å². The van der Waals surface area contributed by atoms with E-state index >= 15 is 0 Å². The molecule has 1 fully saturated rings. The van der Waals surface area contributed by atoms with E-state index in [0.29, 0.717) is 18.7 Å². The van der Waals surface area contributed by atoms with Crippen LogP contribution in [0.4, 0.5) is 4.39 Å². The largest absolute Gasteiger partial charge is 0.481 e. The maximum atomic E-state index is 13.5. The second-order valence-electron chi connectivity index (χ2n) is 5.33. The van der Waals surface area contributed by atoms with E-state index < -0.39 is 5.97 Å². The van der Waals surface area contributed by atoms with Gasteiger partial charge < -0.3 is 10.0 Å². The number of halogens is 1. The lowest BCUT2D eigenvalue weighted by Crippen LogP contribution is -2.28. The molecule has 0 unspecified atom stereocenters. The third-order valence-corrected chi connectivity index (χ3v) is 3.49. The van der Waals surface area contributed by atoms with Crippen LogP contribution in [-0.2, 0) is 11.3 Å². The van der Waals surface area contributed by atoms with Crippen molar-refractivity contribution in [3.63, 3.8) is 0 Å². The van der Waals surface area contributed by atoms with Crippen LogP contribution in [-0.4, -0.2) is 29.6 Å². The van der Waals surface area contributed by atoms with Gasteiger partial charge in [-0.15, -0.1) is 0 Å². The number of carboxylic acids is 1. The molecule has 2 rings (SSSR count). The Labute approximate surface area is 106 Å². The fraction of sp³-hybridized carbons (Fsp3) is 0.500. The van der Waals surface area contributed by atoms with Crippen molar-refractivity contribution < 1.29 is 14.3 Å². The first kappa shape index (κ1) is 13.0. The summed E-state index contributed by atoms with van der Waals surface area (Å²) in [4.78, 5) is 12.8. The molecule has 4 heteroatoms. The summed E-state index contributed by atoms with van der Waals surface area (Å²) in [6, 6.07) is 6.71. The maximum absolute atomic E-state index is 13.5. The van der Waals surface area contributed by atoms with Crippen LogP contribution in [0.5, 0.6) is 0 Å². The van der Waals surface area contributed by atoms with E-state index in [2.05, 4.69) is 0 Å². The second-order valence-corrected chi connectivity index (χ2v) is 5.33. The van der Waals surface area contributed by atoms with E-state index in [9.17, 15) is 9.18 Å². The Hall–Kier alpha value is -1.42. The van der Waals surface area contributed by atoms with Crippen LogP contribution in [0.25, 0.3) is 0 Å². The summed E-state index contributed by atoms with van der Waals surface area (Å²) in [7, 11) is 1.91. The Balaban J connectivity index is 1.91. The molecule has 0 aliphatic heterocycles. The number of nitrogens with zero attached hydrogens (tertiary/aromatic N) is 1. The van der Waals surface area contributed by atoms with Crippen LogP contribution in [0.2, 0.25) is 0 Å². The SMILES string of the molecule is CN(Cc1ccccc1F)CC1(CC(=O)O)CC1. The molecule has 1 aliphatic rings. The minimum atomic E-state index is -0.744. The Morgan fingerprint density at radius 1 is 1.44 bits per heavy atom. The van der Waals surface area contributed by atoms with Crippen molar-refractivity contribution in [1.29, 1.82) is 0 Å². The molecule has 1 N–H and O–H groups in total. The van der Waals surface area contributed by atoms with Crippen LogP contribution < -0.4 is 0 Å². The highest BCUT2D eigenvalue weighted by Crippen LogP contribution is 2.49. The number of rotatable bonds is 6. The van der Waals surface area contributed by atoms with Gasteiger partial charge in [0, 0.05) is 18.7 Å². The van der Waals surface area contributed by atoms with Gasteiger partial charge in [-0.05, 0) is 31.4 Å². The molecular formula is C14H18FNO2. The zero-order valence-corrected chi connectivity index (χ0v) is 10.5. The number of hydrogen-bond acceptors (Lipinski definition) is 2. The van der Waals surface area contributed by atoms with E-state index in [4.69, 9.17) is 5.11 Å². The fourth-order valence-electron chi connectivity index (χ4n) is 2.43. The minimum Gasteiger partial charge on any atom is -0.481 e. The molecule has 1 aromatic rings. The van der Waals surface area contributed by atoms with Crippen LogP contribution in [0, 0.1) is 11.2 Å². The molecule has 0 spiro atoms. The average Bonchev–Trinajstić information content (AvgIpc) is 3.00. The zero-order chi connectivity index (χ0) is 13.2. The summed E-state index contributed by atoms with van der Waals surface area (Å²) in [5.41, 5.74) is 0.581. The van der Waals surface area contributed by atoms with Crippen molar-refractivity contribution in [3.05, 3.63) is 35.6 Å². The van der Waals surface area contributed by atoms with E-state index in [0.717, 1.165) is 12.8 Å². The molecule has 0 radical (unpaired) electrons. The molecular weight excluding hydrogens is 233 g/mol. The van der Waals surface area contributed by atoms with Gasteiger partial charge in [0.25, 0.3) is 0 Å². The molecule has 1 aliphatic carbocycles. The number of aliphatic carboxylic acids is 1. The quantitative estimate of drug-likeness (QED) is 0.844. The van der Waals surface area contributed by atoms with Gasteiger partial charge in [-0.3, -0.25) is 4.79 Å². The average molecular weight is 251 g/mol. The van der Waals surface area contributed by atoms with Gasteiger partial charge in [0.1, 0.15) is 5.82 Å². The van der Waals surface area contributed by atoms with Gasteiger partial charge in [-0.1, -0.05) is 18.2 Å². The van der Waals surface area contributed by atoms with Crippen molar-refractivity contribution in [2.45, 2.75) is 25.8 Å². The molecule has 98 valence electrons. The van der Waals surface area contributed by atoms with Gasteiger partial charge in [-0.2, -0.15) is 0 Å². The first-order valence-electron chi connectivity index (χ1n) is 6.15. The topological polar surface area (TPSA) is 40.5 Å². The summed E-state index contributed by atoms with van der Waals surface area (Å²) in [6.45, 7) is 1.24. The predicted octanol–water partition coefficient (Wildman–Crippen LogP) is 2.51. The summed E-state index contributed by atoms with van der Waals surface area (Å²) >= 11 is 0. The highest BCUT2D eigenvalue weighted by atomic mass is 19.1. The Kier molecular flexibility index (Phi) is 3.66. The van der Waals surface area contributed by atoms with Crippen molar-refractivity contribution in [2.24, 2.45) is 5.41 Å². The second kappa shape index (κ2) is 5.06. The van der Waals surface area contributed by atoms with Crippen molar-refractivity contribution in [3.8, 4) is 0 Å².